The van der Waals surface area contributed by atoms with Crippen LogP contribution in [0.3, 0.4) is 0 Å². The van der Waals surface area contributed by atoms with E-state index < -0.39 is 0 Å². The van der Waals surface area contributed by atoms with Gasteiger partial charge in [0.15, 0.2) is 0 Å². The molecule has 2 aromatic heterocycles. The summed E-state index contributed by atoms with van der Waals surface area (Å²) in [5.41, 5.74) is 5.41. The van der Waals surface area contributed by atoms with Gasteiger partial charge >= 0.3 is 6.01 Å². The van der Waals surface area contributed by atoms with E-state index in [0.29, 0.717) is 24.9 Å². The highest BCUT2D eigenvalue weighted by atomic mass is 32.1. The summed E-state index contributed by atoms with van der Waals surface area (Å²) in [7, 11) is 0. The first-order valence-electron chi connectivity index (χ1n) is 5.59. The first-order chi connectivity index (χ1) is 8.28. The normalized spacial score (nSPS) is 12.6. The van der Waals surface area contributed by atoms with E-state index in [4.69, 9.17) is 10.2 Å². The standard InChI is InChI=1S/C11H16N4OS/c1-8(7-9-3-2-6-17-9)13-11-15-14-10(16-11)4-5-12/h2-3,6,8H,4-5,7,12H2,1H3,(H,13,15). The molecule has 5 nitrogen and oxygen atoms in total. The van der Waals surface area contributed by atoms with Crippen molar-refractivity contribution in [1.82, 2.24) is 10.2 Å². The third-order valence-electron chi connectivity index (χ3n) is 2.28. The second-order valence-corrected chi connectivity index (χ2v) is 4.90. The second-order valence-electron chi connectivity index (χ2n) is 3.87. The molecule has 0 aromatic carbocycles. The van der Waals surface area contributed by atoms with Gasteiger partial charge in [-0.3, -0.25) is 0 Å². The molecule has 1 atom stereocenters. The summed E-state index contributed by atoms with van der Waals surface area (Å²) < 4.78 is 5.40. The van der Waals surface area contributed by atoms with Gasteiger partial charge in [-0.25, -0.2) is 0 Å². The maximum Gasteiger partial charge on any atom is 0.315 e. The van der Waals surface area contributed by atoms with Crippen molar-refractivity contribution in [1.29, 1.82) is 0 Å². The molecule has 2 heterocycles. The van der Waals surface area contributed by atoms with Gasteiger partial charge in [-0.2, -0.15) is 0 Å². The lowest BCUT2D eigenvalue weighted by Crippen LogP contribution is -2.17. The van der Waals surface area contributed by atoms with E-state index in [-0.39, 0.29) is 6.04 Å². The van der Waals surface area contributed by atoms with Crippen LogP contribution in [0, 0.1) is 0 Å². The van der Waals surface area contributed by atoms with E-state index in [0.717, 1.165) is 6.42 Å². The molecule has 0 aliphatic carbocycles. The molecule has 1 unspecified atom stereocenters. The maximum absolute atomic E-state index is 5.41. The number of nitrogens with zero attached hydrogens (tertiary/aromatic N) is 2. The van der Waals surface area contributed by atoms with Gasteiger partial charge in [0.2, 0.25) is 5.89 Å². The molecule has 0 aliphatic rings. The third kappa shape index (κ3) is 3.54. The average molecular weight is 252 g/mol. The number of nitrogens with two attached hydrogens (primary N) is 1. The highest BCUT2D eigenvalue weighted by molar-refractivity contribution is 7.09. The molecule has 0 aliphatic heterocycles. The fourth-order valence-corrected chi connectivity index (χ4v) is 2.36. The molecule has 0 bridgehead atoms. The topological polar surface area (TPSA) is 77.0 Å². The van der Waals surface area contributed by atoms with E-state index in [1.807, 2.05) is 0 Å². The van der Waals surface area contributed by atoms with Gasteiger partial charge in [-0.15, -0.1) is 16.4 Å². The number of anilines is 1. The molecule has 3 N–H and O–H groups in total. The van der Waals surface area contributed by atoms with Crippen molar-refractivity contribution in [3.8, 4) is 0 Å². The van der Waals surface area contributed by atoms with Crippen molar-refractivity contribution in [2.24, 2.45) is 5.73 Å². The SMILES string of the molecule is CC(Cc1cccs1)Nc1nnc(CCN)o1. The van der Waals surface area contributed by atoms with Crippen LogP contribution in [0.2, 0.25) is 0 Å². The number of aromatic nitrogens is 2. The summed E-state index contributed by atoms with van der Waals surface area (Å²) in [6.07, 6.45) is 1.57. The molecule has 2 aromatic rings. The van der Waals surface area contributed by atoms with Crippen LogP contribution in [-0.2, 0) is 12.8 Å². The number of thiophene rings is 1. The zero-order valence-electron chi connectivity index (χ0n) is 9.72. The molecule has 0 saturated heterocycles. The van der Waals surface area contributed by atoms with Gasteiger partial charge in [0.05, 0.1) is 0 Å². The minimum atomic E-state index is 0.264. The van der Waals surface area contributed by atoms with Crippen LogP contribution in [0.4, 0.5) is 6.01 Å². The minimum Gasteiger partial charge on any atom is -0.408 e. The Bertz CT molecular complexity index is 440. The molecule has 0 radical (unpaired) electrons. The van der Waals surface area contributed by atoms with Crippen LogP contribution in [0.15, 0.2) is 21.9 Å². The first-order valence-corrected chi connectivity index (χ1v) is 6.47. The van der Waals surface area contributed by atoms with Crippen molar-refractivity contribution in [3.05, 3.63) is 28.3 Å². The monoisotopic (exact) mass is 252 g/mol. The average Bonchev–Trinajstić information content (AvgIpc) is 2.91. The minimum absolute atomic E-state index is 0.264. The van der Waals surface area contributed by atoms with Gasteiger partial charge in [-0.05, 0) is 18.4 Å². The molecule has 0 amide bonds. The summed E-state index contributed by atoms with van der Waals surface area (Å²) >= 11 is 1.75. The summed E-state index contributed by atoms with van der Waals surface area (Å²) in [5, 5.41) is 13.1. The lowest BCUT2D eigenvalue weighted by atomic mass is 10.2. The van der Waals surface area contributed by atoms with Gasteiger partial charge in [0.25, 0.3) is 0 Å². The number of nitrogens with one attached hydrogen (secondary N) is 1. The largest absolute Gasteiger partial charge is 0.408 e. The maximum atomic E-state index is 5.41. The van der Waals surface area contributed by atoms with Crippen LogP contribution < -0.4 is 11.1 Å². The van der Waals surface area contributed by atoms with Crippen LogP contribution in [0.1, 0.15) is 17.7 Å². The van der Waals surface area contributed by atoms with Crippen LogP contribution in [0.5, 0.6) is 0 Å². The molecule has 0 spiro atoms. The predicted molar refractivity (Wildman–Crippen MR) is 68.2 cm³/mol. The summed E-state index contributed by atoms with van der Waals surface area (Å²) in [5.74, 6) is 0.582. The first kappa shape index (κ1) is 12.1. The fraction of sp³-hybridized carbons (Fsp3) is 0.455. The molecule has 92 valence electrons. The van der Waals surface area contributed by atoms with Crippen LogP contribution >= 0.6 is 11.3 Å². The van der Waals surface area contributed by atoms with E-state index in [1.165, 1.54) is 4.88 Å². The molecule has 6 heteroatoms. The van der Waals surface area contributed by atoms with Crippen molar-refractivity contribution >= 4 is 17.4 Å². The Morgan fingerprint density at radius 2 is 2.41 bits per heavy atom. The van der Waals surface area contributed by atoms with E-state index in [1.54, 1.807) is 11.3 Å². The van der Waals surface area contributed by atoms with Gasteiger partial charge in [0.1, 0.15) is 0 Å². The van der Waals surface area contributed by atoms with Crippen LogP contribution in [0.25, 0.3) is 0 Å². The number of rotatable bonds is 6. The summed E-state index contributed by atoms with van der Waals surface area (Å²) in [6.45, 7) is 2.61. The van der Waals surface area contributed by atoms with Gasteiger partial charge < -0.3 is 15.5 Å². The second kappa shape index (κ2) is 5.79. The number of hydrogen-bond acceptors (Lipinski definition) is 6. The molecule has 0 saturated carbocycles. The van der Waals surface area contributed by atoms with Gasteiger partial charge in [-0.1, -0.05) is 11.2 Å². The Kier molecular flexibility index (Phi) is 4.11. The Labute approximate surface area is 104 Å². The molecule has 2 rings (SSSR count). The Morgan fingerprint density at radius 3 is 3.12 bits per heavy atom. The Balaban J connectivity index is 1.86. The molecular weight excluding hydrogens is 236 g/mol. The molecule has 17 heavy (non-hydrogen) atoms. The third-order valence-corrected chi connectivity index (χ3v) is 3.18. The van der Waals surface area contributed by atoms with E-state index in [9.17, 15) is 0 Å². The summed E-state index contributed by atoms with van der Waals surface area (Å²) in [6, 6.07) is 4.91. The Hall–Kier alpha value is -1.40. The van der Waals surface area contributed by atoms with Crippen molar-refractivity contribution in [2.75, 3.05) is 11.9 Å². The zero-order valence-corrected chi connectivity index (χ0v) is 10.5. The van der Waals surface area contributed by atoms with Crippen LogP contribution in [-0.4, -0.2) is 22.8 Å². The highest BCUT2D eigenvalue weighted by Gasteiger charge is 2.09. The molecular formula is C11H16N4OS. The molecule has 0 fully saturated rings. The van der Waals surface area contributed by atoms with E-state index in [2.05, 4.69) is 40.0 Å². The van der Waals surface area contributed by atoms with Crippen molar-refractivity contribution in [3.63, 3.8) is 0 Å². The van der Waals surface area contributed by atoms with Gasteiger partial charge in [0, 0.05) is 30.3 Å². The van der Waals surface area contributed by atoms with Crippen molar-refractivity contribution in [2.45, 2.75) is 25.8 Å². The zero-order chi connectivity index (χ0) is 12.1. The lowest BCUT2D eigenvalue weighted by molar-refractivity contribution is 0.500. The lowest BCUT2D eigenvalue weighted by Gasteiger charge is -2.09. The highest BCUT2D eigenvalue weighted by Crippen LogP contribution is 2.14. The Morgan fingerprint density at radius 1 is 1.53 bits per heavy atom. The summed E-state index contributed by atoms with van der Waals surface area (Å²) in [4.78, 5) is 1.34. The fourth-order valence-electron chi connectivity index (χ4n) is 1.53. The predicted octanol–water partition coefficient (Wildman–Crippen LogP) is 1.68. The number of hydrogen-bond donors (Lipinski definition) is 2. The van der Waals surface area contributed by atoms with E-state index >= 15 is 0 Å². The quantitative estimate of drug-likeness (QED) is 0.818. The van der Waals surface area contributed by atoms with Crippen molar-refractivity contribution < 1.29 is 4.42 Å². The smallest absolute Gasteiger partial charge is 0.315 e.